The number of benzene rings is 1. The second-order valence-corrected chi connectivity index (χ2v) is 3.84. The van der Waals surface area contributed by atoms with Crippen molar-refractivity contribution in [1.82, 2.24) is 9.97 Å². The van der Waals surface area contributed by atoms with Gasteiger partial charge in [0.05, 0.1) is 5.69 Å². The molecule has 1 aromatic heterocycles. The molecule has 9 heteroatoms. The SMILES string of the molecule is Fc1c(Nc2ccnc(Cl)n2)cccc1OC(F)(F)F. The highest BCUT2D eigenvalue weighted by Crippen LogP contribution is 2.30. The summed E-state index contributed by atoms with van der Waals surface area (Å²) >= 11 is 5.54. The van der Waals surface area contributed by atoms with Crippen LogP contribution in [0.3, 0.4) is 0 Å². The lowest BCUT2D eigenvalue weighted by Gasteiger charge is -2.12. The number of nitrogens with zero attached hydrogens (tertiary/aromatic N) is 2. The third-order valence-corrected chi connectivity index (χ3v) is 2.26. The predicted octanol–water partition coefficient (Wildman–Crippen LogP) is 3.91. The van der Waals surface area contributed by atoms with Crippen LogP contribution in [0.15, 0.2) is 30.5 Å². The van der Waals surface area contributed by atoms with Gasteiger partial charge in [-0.3, -0.25) is 0 Å². The predicted molar refractivity (Wildman–Crippen MR) is 63.4 cm³/mol. The third kappa shape index (κ3) is 3.70. The van der Waals surface area contributed by atoms with Gasteiger partial charge in [-0.15, -0.1) is 13.2 Å². The van der Waals surface area contributed by atoms with Crippen LogP contribution in [-0.4, -0.2) is 16.3 Å². The van der Waals surface area contributed by atoms with E-state index in [2.05, 4.69) is 20.0 Å². The lowest BCUT2D eigenvalue weighted by atomic mass is 10.3. The fourth-order valence-electron chi connectivity index (χ4n) is 1.35. The van der Waals surface area contributed by atoms with Crippen molar-refractivity contribution >= 4 is 23.1 Å². The minimum Gasteiger partial charge on any atom is -0.403 e. The Morgan fingerprint density at radius 1 is 1.20 bits per heavy atom. The molecule has 0 fully saturated rings. The fraction of sp³-hybridized carbons (Fsp3) is 0.0909. The Balaban J connectivity index is 2.27. The molecule has 0 radical (unpaired) electrons. The number of halogens is 5. The van der Waals surface area contributed by atoms with Crippen molar-refractivity contribution in [3.63, 3.8) is 0 Å². The van der Waals surface area contributed by atoms with Gasteiger partial charge in [-0.1, -0.05) is 6.07 Å². The van der Waals surface area contributed by atoms with Crippen molar-refractivity contribution in [3.05, 3.63) is 41.6 Å². The molecule has 0 bridgehead atoms. The number of anilines is 2. The molecule has 0 aliphatic rings. The van der Waals surface area contributed by atoms with Crippen LogP contribution in [0.5, 0.6) is 5.75 Å². The average Bonchev–Trinajstić information content (AvgIpc) is 2.33. The van der Waals surface area contributed by atoms with Gasteiger partial charge >= 0.3 is 6.36 Å². The van der Waals surface area contributed by atoms with Gasteiger partial charge in [0.25, 0.3) is 0 Å². The topological polar surface area (TPSA) is 47.0 Å². The zero-order valence-electron chi connectivity index (χ0n) is 9.58. The smallest absolute Gasteiger partial charge is 0.403 e. The molecule has 0 aliphatic heterocycles. The summed E-state index contributed by atoms with van der Waals surface area (Å²) < 4.78 is 53.6. The Kier molecular flexibility index (Phi) is 3.93. The lowest BCUT2D eigenvalue weighted by molar-refractivity contribution is -0.275. The monoisotopic (exact) mass is 307 g/mol. The van der Waals surface area contributed by atoms with E-state index in [4.69, 9.17) is 11.6 Å². The van der Waals surface area contributed by atoms with Crippen LogP contribution in [0, 0.1) is 5.82 Å². The summed E-state index contributed by atoms with van der Waals surface area (Å²) in [6.45, 7) is 0. The van der Waals surface area contributed by atoms with Crippen LogP contribution in [0.25, 0.3) is 0 Å². The molecule has 0 atom stereocenters. The zero-order chi connectivity index (χ0) is 14.8. The van der Waals surface area contributed by atoms with Gasteiger partial charge in [0.2, 0.25) is 5.28 Å². The third-order valence-electron chi connectivity index (χ3n) is 2.08. The number of nitrogens with one attached hydrogen (secondary N) is 1. The van der Waals surface area contributed by atoms with Crippen LogP contribution >= 0.6 is 11.6 Å². The summed E-state index contributed by atoms with van der Waals surface area (Å²) in [4.78, 5) is 7.34. The molecule has 1 heterocycles. The second kappa shape index (κ2) is 5.49. The first kappa shape index (κ1) is 14.3. The maximum Gasteiger partial charge on any atom is 0.573 e. The van der Waals surface area contributed by atoms with E-state index in [9.17, 15) is 17.6 Å². The van der Waals surface area contributed by atoms with E-state index in [-0.39, 0.29) is 16.8 Å². The largest absolute Gasteiger partial charge is 0.573 e. The minimum atomic E-state index is -4.97. The number of alkyl halides is 3. The minimum absolute atomic E-state index is 0.0851. The van der Waals surface area contributed by atoms with E-state index in [0.717, 1.165) is 6.07 Å². The first-order chi connectivity index (χ1) is 9.35. The molecule has 0 aliphatic carbocycles. The molecule has 0 saturated heterocycles. The first-order valence-corrected chi connectivity index (χ1v) is 5.53. The van der Waals surface area contributed by atoms with E-state index in [1.165, 1.54) is 24.4 Å². The summed E-state index contributed by atoms with van der Waals surface area (Å²) in [6, 6.07) is 4.67. The van der Waals surface area contributed by atoms with E-state index in [0.29, 0.717) is 0 Å². The van der Waals surface area contributed by atoms with Gasteiger partial charge in [-0.25, -0.2) is 14.4 Å². The van der Waals surface area contributed by atoms with Crippen molar-refractivity contribution in [2.24, 2.45) is 0 Å². The molecule has 106 valence electrons. The lowest BCUT2D eigenvalue weighted by Crippen LogP contribution is -2.18. The number of hydrogen-bond acceptors (Lipinski definition) is 4. The van der Waals surface area contributed by atoms with Crippen LogP contribution in [0.4, 0.5) is 29.1 Å². The van der Waals surface area contributed by atoms with Gasteiger partial charge in [0.1, 0.15) is 5.82 Å². The molecular weight excluding hydrogens is 302 g/mol. The zero-order valence-corrected chi connectivity index (χ0v) is 10.3. The van der Waals surface area contributed by atoms with E-state index < -0.39 is 17.9 Å². The molecule has 0 amide bonds. The molecule has 2 rings (SSSR count). The molecule has 0 unspecified atom stereocenters. The molecule has 0 spiro atoms. The Bertz CT molecular complexity index is 621. The Morgan fingerprint density at radius 2 is 1.95 bits per heavy atom. The van der Waals surface area contributed by atoms with Gasteiger partial charge in [-0.05, 0) is 29.8 Å². The molecule has 1 N–H and O–H groups in total. The Labute approximate surface area is 115 Å². The van der Waals surface area contributed by atoms with Crippen molar-refractivity contribution in [2.75, 3.05) is 5.32 Å². The molecule has 1 aromatic carbocycles. The first-order valence-electron chi connectivity index (χ1n) is 5.15. The standard InChI is InChI=1S/C11H6ClF4N3O/c12-10-17-5-4-8(19-10)18-6-2-1-3-7(9(6)13)20-11(14,15)16/h1-5H,(H,17,18,19). The molecular formula is C11H6ClF4N3O. The van der Waals surface area contributed by atoms with E-state index in [1.54, 1.807) is 0 Å². The molecule has 2 aromatic rings. The highest BCUT2D eigenvalue weighted by molar-refractivity contribution is 6.28. The van der Waals surface area contributed by atoms with Crippen molar-refractivity contribution in [2.45, 2.75) is 6.36 Å². The maximum atomic E-state index is 13.8. The number of rotatable bonds is 3. The highest BCUT2D eigenvalue weighted by atomic mass is 35.5. The van der Waals surface area contributed by atoms with Gasteiger partial charge in [0.15, 0.2) is 11.6 Å². The van der Waals surface area contributed by atoms with Crippen molar-refractivity contribution in [1.29, 1.82) is 0 Å². The quantitative estimate of drug-likeness (QED) is 0.690. The van der Waals surface area contributed by atoms with Crippen molar-refractivity contribution < 1.29 is 22.3 Å². The van der Waals surface area contributed by atoms with Gasteiger partial charge in [-0.2, -0.15) is 0 Å². The van der Waals surface area contributed by atoms with Crippen LogP contribution in [0.2, 0.25) is 5.28 Å². The van der Waals surface area contributed by atoms with Crippen LogP contribution in [0.1, 0.15) is 0 Å². The Hall–Kier alpha value is -2.09. The summed E-state index contributed by atoms with van der Waals surface area (Å²) in [5.74, 6) is -2.00. The summed E-state index contributed by atoms with van der Waals surface area (Å²) in [5, 5.41) is 2.40. The van der Waals surface area contributed by atoms with Crippen LogP contribution in [-0.2, 0) is 0 Å². The van der Waals surface area contributed by atoms with Crippen LogP contribution < -0.4 is 10.1 Å². The molecule has 4 nitrogen and oxygen atoms in total. The number of hydrogen-bond donors (Lipinski definition) is 1. The molecule has 20 heavy (non-hydrogen) atoms. The molecule has 0 saturated carbocycles. The van der Waals surface area contributed by atoms with Crippen molar-refractivity contribution in [3.8, 4) is 5.75 Å². The number of aromatic nitrogens is 2. The summed E-state index contributed by atoms with van der Waals surface area (Å²) in [7, 11) is 0. The van der Waals surface area contributed by atoms with Gasteiger partial charge in [0, 0.05) is 6.20 Å². The number of ether oxygens (including phenoxy) is 1. The highest BCUT2D eigenvalue weighted by Gasteiger charge is 2.32. The van der Waals surface area contributed by atoms with Gasteiger partial charge < -0.3 is 10.1 Å². The second-order valence-electron chi connectivity index (χ2n) is 3.50. The average molecular weight is 308 g/mol. The van der Waals surface area contributed by atoms with E-state index >= 15 is 0 Å². The van der Waals surface area contributed by atoms with E-state index in [1.807, 2.05) is 0 Å². The summed E-state index contributed by atoms with van der Waals surface area (Å²) in [6.07, 6.45) is -3.66. The fourth-order valence-corrected chi connectivity index (χ4v) is 1.50. The summed E-state index contributed by atoms with van der Waals surface area (Å²) in [5.41, 5.74) is -0.235. The normalized spacial score (nSPS) is 11.2. The Morgan fingerprint density at radius 3 is 2.60 bits per heavy atom. The maximum absolute atomic E-state index is 13.8.